The molecule has 0 saturated carbocycles. The number of ether oxygens (including phenoxy) is 2. The fraction of sp³-hybridized carbons (Fsp3) is 0.320. The molecular formula is C25H23ClFN3O5. The van der Waals surface area contributed by atoms with Gasteiger partial charge in [-0.25, -0.2) is 4.39 Å². The molecule has 3 heterocycles. The number of carbonyl (C=O) groups excluding carboxylic acids is 2. The molecule has 0 N–H and O–H groups in total. The summed E-state index contributed by atoms with van der Waals surface area (Å²) in [5.41, 5.74) is 2.02. The topological polar surface area (TPSA) is 85.1 Å². The summed E-state index contributed by atoms with van der Waals surface area (Å²) in [6, 6.07) is 7.64. The second kappa shape index (κ2) is 8.88. The molecular weight excluding hydrogens is 477 g/mol. The average Bonchev–Trinajstić information content (AvgIpc) is 3.22. The van der Waals surface area contributed by atoms with E-state index in [1.807, 2.05) is 12.1 Å². The molecule has 0 spiro atoms. The van der Waals surface area contributed by atoms with Crippen molar-refractivity contribution >= 4 is 23.4 Å². The highest BCUT2D eigenvalue weighted by Crippen LogP contribution is 2.40. The highest BCUT2D eigenvalue weighted by atomic mass is 35.5. The molecule has 35 heavy (non-hydrogen) atoms. The molecule has 2 amide bonds. The molecule has 0 bridgehead atoms. The highest BCUT2D eigenvalue weighted by Gasteiger charge is 2.41. The van der Waals surface area contributed by atoms with Crippen molar-refractivity contribution in [2.24, 2.45) is 0 Å². The summed E-state index contributed by atoms with van der Waals surface area (Å²) < 4.78 is 30.8. The first-order chi connectivity index (χ1) is 16.8. The minimum absolute atomic E-state index is 0.0147. The van der Waals surface area contributed by atoms with Gasteiger partial charge in [0.25, 0.3) is 5.91 Å². The predicted octanol–water partition coefficient (Wildman–Crippen LogP) is 4.04. The Labute approximate surface area is 206 Å². The van der Waals surface area contributed by atoms with E-state index in [-0.39, 0.29) is 52.6 Å². The Morgan fingerprint density at radius 1 is 1.23 bits per heavy atom. The van der Waals surface area contributed by atoms with Gasteiger partial charge in [0.05, 0.1) is 30.8 Å². The van der Waals surface area contributed by atoms with Gasteiger partial charge in [-0.2, -0.15) is 0 Å². The van der Waals surface area contributed by atoms with Gasteiger partial charge in [-0.3, -0.25) is 9.59 Å². The number of hydrogen-bond donors (Lipinski definition) is 0. The van der Waals surface area contributed by atoms with Crippen molar-refractivity contribution in [3.8, 4) is 22.8 Å². The molecule has 1 aromatic heterocycles. The molecule has 2 aromatic carbocycles. The molecule has 2 aliphatic heterocycles. The third-order valence-electron chi connectivity index (χ3n) is 6.61. The van der Waals surface area contributed by atoms with Crippen LogP contribution in [0, 0.1) is 12.7 Å². The van der Waals surface area contributed by atoms with Crippen molar-refractivity contribution in [3.63, 3.8) is 0 Å². The maximum absolute atomic E-state index is 14.6. The maximum atomic E-state index is 14.6. The number of aromatic nitrogens is 1. The lowest BCUT2D eigenvalue weighted by atomic mass is 9.89. The van der Waals surface area contributed by atoms with Crippen LogP contribution in [0.1, 0.15) is 33.3 Å². The third-order valence-corrected chi connectivity index (χ3v) is 6.92. The van der Waals surface area contributed by atoms with Crippen LogP contribution in [0.5, 0.6) is 11.5 Å². The van der Waals surface area contributed by atoms with Gasteiger partial charge in [0.1, 0.15) is 29.4 Å². The van der Waals surface area contributed by atoms with E-state index in [0.29, 0.717) is 24.5 Å². The molecule has 1 fully saturated rings. The van der Waals surface area contributed by atoms with Gasteiger partial charge in [0.2, 0.25) is 5.91 Å². The highest BCUT2D eigenvalue weighted by molar-refractivity contribution is 6.33. The van der Waals surface area contributed by atoms with Crippen LogP contribution in [0.15, 0.2) is 34.9 Å². The zero-order valence-corrected chi connectivity index (χ0v) is 20.2. The molecule has 1 atom stereocenters. The van der Waals surface area contributed by atoms with Gasteiger partial charge in [0.15, 0.2) is 11.5 Å². The van der Waals surface area contributed by atoms with E-state index in [0.717, 1.165) is 11.1 Å². The number of fused-ring (bicyclic) bond motifs is 3. The fourth-order valence-corrected chi connectivity index (χ4v) is 5.14. The lowest BCUT2D eigenvalue weighted by Crippen LogP contribution is -2.55. The quantitative estimate of drug-likeness (QED) is 0.538. The molecule has 1 unspecified atom stereocenters. The molecule has 0 aliphatic carbocycles. The lowest BCUT2D eigenvalue weighted by molar-refractivity contribution is -0.139. The summed E-state index contributed by atoms with van der Waals surface area (Å²) in [7, 11) is 3.13. The molecule has 1 saturated heterocycles. The van der Waals surface area contributed by atoms with Crippen molar-refractivity contribution in [1.29, 1.82) is 0 Å². The average molecular weight is 500 g/mol. The number of rotatable bonds is 4. The van der Waals surface area contributed by atoms with E-state index in [2.05, 4.69) is 5.16 Å². The maximum Gasteiger partial charge on any atom is 0.260 e. The van der Waals surface area contributed by atoms with Gasteiger partial charge in [-0.1, -0.05) is 22.8 Å². The number of methoxy groups -OCH3 is 2. The van der Waals surface area contributed by atoms with Gasteiger partial charge in [-0.05, 0) is 48.7 Å². The number of aryl methyl sites for hydroxylation is 1. The molecule has 10 heteroatoms. The molecule has 5 rings (SSSR count). The van der Waals surface area contributed by atoms with Crippen molar-refractivity contribution < 1.29 is 28.0 Å². The largest absolute Gasteiger partial charge is 0.493 e. The van der Waals surface area contributed by atoms with Crippen molar-refractivity contribution in [2.75, 3.05) is 33.9 Å². The summed E-state index contributed by atoms with van der Waals surface area (Å²) in [4.78, 5) is 30.0. The van der Waals surface area contributed by atoms with Crippen LogP contribution in [0.3, 0.4) is 0 Å². The zero-order valence-electron chi connectivity index (χ0n) is 19.4. The minimum Gasteiger partial charge on any atom is -0.493 e. The summed E-state index contributed by atoms with van der Waals surface area (Å²) in [5, 5.41) is 4.04. The van der Waals surface area contributed by atoms with Gasteiger partial charge in [0, 0.05) is 13.1 Å². The van der Waals surface area contributed by atoms with Gasteiger partial charge in [-0.15, -0.1) is 0 Å². The van der Waals surface area contributed by atoms with Crippen LogP contribution < -0.4 is 9.47 Å². The Balaban J connectivity index is 1.53. The van der Waals surface area contributed by atoms with Crippen LogP contribution in [0.25, 0.3) is 11.3 Å². The standard InChI is InChI=1S/C25H23ClFN3O5/c1-13-22(24(28-35-13)23-16(26)5-4-6-17(23)27)25(32)29-11-18-15-10-20(34-3)19(33-2)9-14(15)7-8-30(18)21(31)12-29/h4-6,9-10,18H,7-8,11-12H2,1-3H3. The minimum atomic E-state index is -0.622. The Morgan fingerprint density at radius 2 is 1.97 bits per heavy atom. The van der Waals surface area contributed by atoms with E-state index in [1.165, 1.54) is 23.1 Å². The number of amides is 2. The summed E-state index contributed by atoms with van der Waals surface area (Å²) in [6.07, 6.45) is 0.673. The van der Waals surface area contributed by atoms with Gasteiger partial charge >= 0.3 is 0 Å². The lowest BCUT2D eigenvalue weighted by Gasteiger charge is -2.44. The smallest absolute Gasteiger partial charge is 0.260 e. The first-order valence-corrected chi connectivity index (χ1v) is 11.5. The number of halogens is 2. The number of benzene rings is 2. The van der Waals surface area contributed by atoms with Crippen LogP contribution in [0.2, 0.25) is 5.02 Å². The van der Waals surface area contributed by atoms with E-state index in [9.17, 15) is 14.0 Å². The molecule has 0 radical (unpaired) electrons. The molecule has 182 valence electrons. The van der Waals surface area contributed by atoms with Crippen molar-refractivity contribution in [3.05, 3.63) is 63.6 Å². The Bertz CT molecular complexity index is 1320. The van der Waals surface area contributed by atoms with Crippen LogP contribution in [-0.4, -0.2) is 60.6 Å². The number of piperazine rings is 1. The van der Waals surface area contributed by atoms with Gasteiger partial charge < -0.3 is 23.8 Å². The normalized spacial score (nSPS) is 17.2. The summed E-state index contributed by atoms with van der Waals surface area (Å²) >= 11 is 6.23. The van der Waals surface area contributed by atoms with E-state index >= 15 is 0 Å². The van der Waals surface area contributed by atoms with Crippen molar-refractivity contribution in [2.45, 2.75) is 19.4 Å². The first kappa shape index (κ1) is 23.2. The molecule has 8 nitrogen and oxygen atoms in total. The monoisotopic (exact) mass is 499 g/mol. The first-order valence-electron chi connectivity index (χ1n) is 11.1. The number of nitrogens with zero attached hydrogens (tertiary/aromatic N) is 3. The summed E-state index contributed by atoms with van der Waals surface area (Å²) in [5.74, 6) is 0.113. The molecule has 3 aromatic rings. The SMILES string of the molecule is COc1cc2c(cc1OC)C1CN(C(=O)c3c(-c4c(F)cccc4Cl)noc3C)CC(=O)N1CC2. The second-order valence-corrected chi connectivity index (χ2v) is 8.91. The fourth-order valence-electron chi connectivity index (χ4n) is 4.88. The van der Waals surface area contributed by atoms with E-state index in [1.54, 1.807) is 26.0 Å². The molecule has 2 aliphatic rings. The Hall–Kier alpha value is -3.59. The van der Waals surface area contributed by atoms with E-state index < -0.39 is 11.7 Å². The van der Waals surface area contributed by atoms with Crippen LogP contribution in [-0.2, 0) is 11.2 Å². The van der Waals surface area contributed by atoms with Crippen LogP contribution >= 0.6 is 11.6 Å². The Kier molecular flexibility index (Phi) is 5.88. The second-order valence-electron chi connectivity index (χ2n) is 8.50. The van der Waals surface area contributed by atoms with E-state index in [4.69, 9.17) is 25.6 Å². The number of carbonyl (C=O) groups is 2. The third kappa shape index (κ3) is 3.80. The van der Waals surface area contributed by atoms with Crippen molar-refractivity contribution in [1.82, 2.24) is 15.0 Å². The number of hydrogen-bond acceptors (Lipinski definition) is 6. The predicted molar refractivity (Wildman–Crippen MR) is 125 cm³/mol. The van der Waals surface area contributed by atoms with Crippen LogP contribution in [0.4, 0.5) is 4.39 Å². The zero-order chi connectivity index (χ0) is 24.9. The summed E-state index contributed by atoms with van der Waals surface area (Å²) in [6.45, 7) is 2.26. The Morgan fingerprint density at radius 3 is 2.69 bits per heavy atom.